The van der Waals surface area contributed by atoms with Crippen molar-refractivity contribution in [3.05, 3.63) is 23.4 Å². The zero-order valence-electron chi connectivity index (χ0n) is 10.3. The fourth-order valence-electron chi connectivity index (χ4n) is 2.75. The van der Waals surface area contributed by atoms with E-state index in [9.17, 15) is 4.79 Å². The van der Waals surface area contributed by atoms with Crippen molar-refractivity contribution in [2.75, 3.05) is 18.0 Å². The minimum atomic E-state index is -0.923. The highest BCUT2D eigenvalue weighted by Gasteiger charge is 2.34. The Hall–Kier alpha value is -1.62. The number of carbonyl (C=O) groups is 1. The zero-order valence-corrected chi connectivity index (χ0v) is 10.3. The van der Waals surface area contributed by atoms with Crippen LogP contribution < -0.4 is 4.90 Å². The van der Waals surface area contributed by atoms with Gasteiger partial charge in [-0.05, 0) is 31.9 Å². The van der Waals surface area contributed by atoms with Crippen LogP contribution in [0.1, 0.15) is 28.9 Å². The van der Waals surface area contributed by atoms with Crippen molar-refractivity contribution in [3.63, 3.8) is 0 Å². The van der Waals surface area contributed by atoms with E-state index in [0.717, 1.165) is 31.7 Å². The molecule has 5 heteroatoms. The largest absolute Gasteiger partial charge is 0.478 e. The summed E-state index contributed by atoms with van der Waals surface area (Å²) in [5, 5.41) is 8.99. The van der Waals surface area contributed by atoms with Crippen LogP contribution in [0.25, 0.3) is 0 Å². The van der Waals surface area contributed by atoms with E-state index < -0.39 is 5.97 Å². The lowest BCUT2D eigenvalue weighted by Gasteiger charge is -2.33. The SMILES string of the molecule is Cc1nc(N2CC3CCC(C2)O3)ccc1C(=O)O. The van der Waals surface area contributed by atoms with Gasteiger partial charge < -0.3 is 14.7 Å². The van der Waals surface area contributed by atoms with Crippen LogP contribution in [-0.4, -0.2) is 41.4 Å². The summed E-state index contributed by atoms with van der Waals surface area (Å²) in [6.07, 6.45) is 2.86. The van der Waals surface area contributed by atoms with Gasteiger partial charge in [0, 0.05) is 13.1 Å². The quantitative estimate of drug-likeness (QED) is 0.858. The minimum absolute atomic E-state index is 0.273. The minimum Gasteiger partial charge on any atom is -0.478 e. The smallest absolute Gasteiger partial charge is 0.337 e. The molecule has 5 nitrogen and oxygen atoms in total. The topological polar surface area (TPSA) is 62.7 Å². The summed E-state index contributed by atoms with van der Waals surface area (Å²) >= 11 is 0. The van der Waals surface area contributed by atoms with Crippen LogP contribution in [-0.2, 0) is 4.74 Å². The van der Waals surface area contributed by atoms with E-state index in [1.807, 2.05) is 0 Å². The number of anilines is 1. The number of fused-ring (bicyclic) bond motifs is 2. The third kappa shape index (κ3) is 1.95. The van der Waals surface area contributed by atoms with Crippen molar-refractivity contribution < 1.29 is 14.6 Å². The molecule has 0 radical (unpaired) electrons. The highest BCUT2D eigenvalue weighted by atomic mass is 16.5. The summed E-state index contributed by atoms with van der Waals surface area (Å²) in [7, 11) is 0. The second kappa shape index (κ2) is 4.24. The molecule has 3 heterocycles. The lowest BCUT2D eigenvalue weighted by molar-refractivity contribution is 0.0302. The fourth-order valence-corrected chi connectivity index (χ4v) is 2.75. The van der Waals surface area contributed by atoms with Crippen molar-refractivity contribution >= 4 is 11.8 Å². The molecule has 2 saturated heterocycles. The van der Waals surface area contributed by atoms with Crippen LogP contribution >= 0.6 is 0 Å². The molecule has 3 rings (SSSR count). The zero-order chi connectivity index (χ0) is 12.7. The number of carboxylic acids is 1. The summed E-state index contributed by atoms with van der Waals surface area (Å²) in [6, 6.07) is 3.43. The van der Waals surface area contributed by atoms with Gasteiger partial charge in [0.1, 0.15) is 5.82 Å². The predicted molar refractivity (Wildman–Crippen MR) is 66.0 cm³/mol. The average Bonchev–Trinajstić information content (AvgIpc) is 2.67. The summed E-state index contributed by atoms with van der Waals surface area (Å²) in [5.74, 6) is -0.0636. The lowest BCUT2D eigenvalue weighted by Crippen LogP contribution is -2.43. The number of ether oxygens (including phenoxy) is 1. The van der Waals surface area contributed by atoms with Gasteiger partial charge in [0.25, 0.3) is 0 Å². The third-order valence-corrected chi connectivity index (χ3v) is 3.67. The van der Waals surface area contributed by atoms with Crippen molar-refractivity contribution in [1.82, 2.24) is 4.98 Å². The number of carboxylic acid groups (broad SMARTS) is 1. The van der Waals surface area contributed by atoms with Gasteiger partial charge in [0.2, 0.25) is 0 Å². The van der Waals surface area contributed by atoms with Gasteiger partial charge in [-0.1, -0.05) is 0 Å². The van der Waals surface area contributed by atoms with Crippen LogP contribution in [0.3, 0.4) is 0 Å². The second-order valence-corrected chi connectivity index (χ2v) is 4.97. The first-order valence-corrected chi connectivity index (χ1v) is 6.25. The number of morpholine rings is 1. The van der Waals surface area contributed by atoms with Gasteiger partial charge >= 0.3 is 5.97 Å². The summed E-state index contributed by atoms with van der Waals surface area (Å²) < 4.78 is 5.78. The molecule has 1 aromatic heterocycles. The first-order valence-electron chi connectivity index (χ1n) is 6.25. The van der Waals surface area contributed by atoms with Gasteiger partial charge in [0.15, 0.2) is 0 Å². The Balaban J connectivity index is 1.84. The molecule has 0 amide bonds. The number of nitrogens with zero attached hydrogens (tertiary/aromatic N) is 2. The van der Waals surface area contributed by atoms with Gasteiger partial charge in [0.05, 0.1) is 23.5 Å². The molecule has 1 aromatic rings. The van der Waals surface area contributed by atoms with E-state index in [-0.39, 0.29) is 5.56 Å². The Morgan fingerprint density at radius 2 is 2.06 bits per heavy atom. The molecule has 2 atom stereocenters. The molecule has 1 N–H and O–H groups in total. The maximum Gasteiger partial charge on any atom is 0.337 e. The molecule has 0 aliphatic carbocycles. The maximum absolute atomic E-state index is 10.9. The first kappa shape index (κ1) is 11.5. The molecular formula is C13H16N2O3. The highest BCUT2D eigenvalue weighted by Crippen LogP contribution is 2.29. The Bertz CT molecular complexity index is 477. The number of rotatable bonds is 2. The number of pyridine rings is 1. The number of aromatic carboxylic acids is 1. The highest BCUT2D eigenvalue weighted by molar-refractivity contribution is 5.89. The van der Waals surface area contributed by atoms with Crippen molar-refractivity contribution in [2.24, 2.45) is 0 Å². The number of hydrogen-bond donors (Lipinski definition) is 1. The molecule has 2 aliphatic heterocycles. The molecule has 0 aromatic carbocycles. The molecule has 2 aliphatic rings. The van der Waals surface area contributed by atoms with Crippen molar-refractivity contribution in [3.8, 4) is 0 Å². The molecule has 0 spiro atoms. The molecule has 18 heavy (non-hydrogen) atoms. The predicted octanol–water partition coefficient (Wildman–Crippen LogP) is 1.46. The lowest BCUT2D eigenvalue weighted by atomic mass is 10.2. The molecule has 96 valence electrons. The monoisotopic (exact) mass is 248 g/mol. The normalized spacial score (nSPS) is 26.4. The maximum atomic E-state index is 10.9. The second-order valence-electron chi connectivity index (χ2n) is 4.97. The molecule has 2 unspecified atom stereocenters. The van der Waals surface area contributed by atoms with Gasteiger partial charge in [-0.2, -0.15) is 0 Å². The third-order valence-electron chi connectivity index (χ3n) is 3.67. The van der Waals surface area contributed by atoms with E-state index in [4.69, 9.17) is 9.84 Å². The Kier molecular flexibility index (Phi) is 2.70. The molecular weight excluding hydrogens is 232 g/mol. The van der Waals surface area contributed by atoms with E-state index in [1.165, 1.54) is 0 Å². The summed E-state index contributed by atoms with van der Waals surface area (Å²) in [5.41, 5.74) is 0.842. The summed E-state index contributed by atoms with van der Waals surface area (Å²) in [6.45, 7) is 3.45. The molecule has 2 fully saturated rings. The van der Waals surface area contributed by atoms with Crippen LogP contribution in [0.4, 0.5) is 5.82 Å². The van der Waals surface area contributed by atoms with E-state index in [1.54, 1.807) is 19.1 Å². The first-order chi connectivity index (χ1) is 8.63. The standard InChI is InChI=1S/C13H16N2O3/c1-8-11(13(16)17)4-5-12(14-8)15-6-9-2-3-10(7-15)18-9/h4-5,9-10H,2-3,6-7H2,1H3,(H,16,17). The molecule has 0 saturated carbocycles. The van der Waals surface area contributed by atoms with Gasteiger partial charge in [-0.15, -0.1) is 0 Å². The van der Waals surface area contributed by atoms with Gasteiger partial charge in [-0.25, -0.2) is 9.78 Å². The van der Waals surface area contributed by atoms with Crippen LogP contribution in [0.2, 0.25) is 0 Å². The Morgan fingerprint density at radius 3 is 2.61 bits per heavy atom. The number of aromatic nitrogens is 1. The van der Waals surface area contributed by atoms with E-state index in [2.05, 4.69) is 9.88 Å². The Labute approximate surface area is 105 Å². The van der Waals surface area contributed by atoms with E-state index >= 15 is 0 Å². The van der Waals surface area contributed by atoms with Gasteiger partial charge in [-0.3, -0.25) is 0 Å². The summed E-state index contributed by atoms with van der Waals surface area (Å²) in [4.78, 5) is 17.6. The molecule has 2 bridgehead atoms. The van der Waals surface area contributed by atoms with E-state index in [0.29, 0.717) is 17.9 Å². The van der Waals surface area contributed by atoms with Crippen LogP contribution in [0.15, 0.2) is 12.1 Å². The fraction of sp³-hybridized carbons (Fsp3) is 0.538. The Morgan fingerprint density at radius 1 is 1.39 bits per heavy atom. The van der Waals surface area contributed by atoms with Crippen LogP contribution in [0, 0.1) is 6.92 Å². The average molecular weight is 248 g/mol. The van der Waals surface area contributed by atoms with Crippen LogP contribution in [0.5, 0.6) is 0 Å². The number of hydrogen-bond acceptors (Lipinski definition) is 4. The number of aryl methyl sites for hydroxylation is 1. The van der Waals surface area contributed by atoms with Crippen molar-refractivity contribution in [2.45, 2.75) is 32.0 Å². The van der Waals surface area contributed by atoms with Crippen molar-refractivity contribution in [1.29, 1.82) is 0 Å².